The number of aromatic amines is 1. The lowest BCUT2D eigenvalue weighted by Gasteiger charge is -2.29. The lowest BCUT2D eigenvalue weighted by Crippen LogP contribution is -2.47. The Morgan fingerprint density at radius 3 is 2.75 bits per heavy atom. The molecule has 2 heterocycles. The number of rotatable bonds is 9. The van der Waals surface area contributed by atoms with Gasteiger partial charge in [0.05, 0.1) is 11.7 Å². The van der Waals surface area contributed by atoms with Gasteiger partial charge in [0.15, 0.2) is 0 Å². The van der Waals surface area contributed by atoms with Gasteiger partial charge in [0.2, 0.25) is 5.91 Å². The molecule has 1 amide bonds. The van der Waals surface area contributed by atoms with Crippen LogP contribution < -0.4 is 5.73 Å². The molecule has 1 aliphatic heterocycles. The number of hydrogen-bond donors (Lipinski definition) is 2. The number of hydrogen-bond acceptors (Lipinski definition) is 4. The third-order valence-electron chi connectivity index (χ3n) is 5.58. The van der Waals surface area contributed by atoms with Crippen molar-refractivity contribution in [3.05, 3.63) is 42.1 Å². The minimum absolute atomic E-state index is 0.0629. The van der Waals surface area contributed by atoms with Crippen LogP contribution in [0.2, 0.25) is 0 Å². The van der Waals surface area contributed by atoms with E-state index in [2.05, 4.69) is 28.4 Å². The van der Waals surface area contributed by atoms with Crippen molar-refractivity contribution >= 4 is 5.91 Å². The molecular formula is C22H32N4O2. The first-order valence-electron chi connectivity index (χ1n) is 10.3. The Morgan fingerprint density at radius 2 is 2.00 bits per heavy atom. The molecule has 3 rings (SSSR count). The molecule has 0 saturated carbocycles. The maximum absolute atomic E-state index is 12.5. The average Bonchev–Trinajstić information content (AvgIpc) is 3.22. The van der Waals surface area contributed by atoms with Crippen LogP contribution in [0.4, 0.5) is 0 Å². The molecular weight excluding hydrogens is 352 g/mol. The van der Waals surface area contributed by atoms with Gasteiger partial charge in [-0.25, -0.2) is 0 Å². The van der Waals surface area contributed by atoms with Gasteiger partial charge in [0.1, 0.15) is 0 Å². The van der Waals surface area contributed by atoms with Crippen LogP contribution in [0.3, 0.4) is 0 Å². The van der Waals surface area contributed by atoms with Crippen molar-refractivity contribution in [1.82, 2.24) is 15.1 Å². The van der Waals surface area contributed by atoms with Crippen LogP contribution in [0.25, 0.3) is 11.3 Å². The van der Waals surface area contributed by atoms with Crippen molar-refractivity contribution in [3.63, 3.8) is 0 Å². The molecule has 28 heavy (non-hydrogen) atoms. The monoisotopic (exact) mass is 384 g/mol. The molecule has 152 valence electrons. The fourth-order valence-corrected chi connectivity index (χ4v) is 3.73. The molecule has 1 fully saturated rings. The Bertz CT molecular complexity index is 725. The zero-order valence-electron chi connectivity index (χ0n) is 16.8. The molecule has 1 aromatic carbocycles. The summed E-state index contributed by atoms with van der Waals surface area (Å²) in [7, 11) is 1.86. The van der Waals surface area contributed by atoms with Crippen LogP contribution >= 0.6 is 0 Å². The van der Waals surface area contributed by atoms with Gasteiger partial charge in [-0.1, -0.05) is 36.8 Å². The highest BCUT2D eigenvalue weighted by Gasteiger charge is 2.28. The standard InChI is InChI=1S/C22H32N4O2/c1-26(22(27)21(23)18-11-14-28-15-12-18)13-7-3-6-10-19-16-20(25-24-19)17-8-4-2-5-9-17/h2,4-5,8-9,16,18,21H,3,6-7,10-15,23H2,1H3,(H,24,25). The number of carbonyl (C=O) groups is 1. The fraction of sp³-hybridized carbons (Fsp3) is 0.545. The number of nitrogens with two attached hydrogens (primary N) is 1. The van der Waals surface area contributed by atoms with Gasteiger partial charge in [0, 0.05) is 38.1 Å². The van der Waals surface area contributed by atoms with E-state index in [1.54, 1.807) is 4.90 Å². The molecule has 6 heteroatoms. The predicted octanol–water partition coefficient (Wildman–Crippen LogP) is 3.00. The molecule has 0 spiro atoms. The number of nitrogens with zero attached hydrogens (tertiary/aromatic N) is 2. The van der Waals surface area contributed by atoms with E-state index in [-0.39, 0.29) is 11.8 Å². The van der Waals surface area contributed by atoms with E-state index in [4.69, 9.17) is 10.5 Å². The highest BCUT2D eigenvalue weighted by atomic mass is 16.5. The second kappa shape index (κ2) is 10.4. The number of unbranched alkanes of at least 4 members (excludes halogenated alkanes) is 2. The summed E-state index contributed by atoms with van der Waals surface area (Å²) in [6, 6.07) is 11.9. The molecule has 0 aliphatic carbocycles. The van der Waals surface area contributed by atoms with Gasteiger partial charge in [0.25, 0.3) is 0 Å². The summed E-state index contributed by atoms with van der Waals surface area (Å²) < 4.78 is 5.36. The summed E-state index contributed by atoms with van der Waals surface area (Å²) in [4.78, 5) is 14.3. The molecule has 1 aromatic heterocycles. The van der Waals surface area contributed by atoms with Crippen LogP contribution in [-0.4, -0.2) is 53.9 Å². The molecule has 0 radical (unpaired) electrons. The topological polar surface area (TPSA) is 84.2 Å². The number of H-pyrrole nitrogens is 1. The van der Waals surface area contributed by atoms with E-state index in [1.165, 1.54) is 0 Å². The molecule has 1 atom stereocenters. The summed E-state index contributed by atoms with van der Waals surface area (Å²) >= 11 is 0. The highest BCUT2D eigenvalue weighted by molar-refractivity contribution is 5.81. The van der Waals surface area contributed by atoms with Gasteiger partial charge >= 0.3 is 0 Å². The predicted molar refractivity (Wildman–Crippen MR) is 111 cm³/mol. The number of nitrogens with one attached hydrogen (secondary N) is 1. The van der Waals surface area contributed by atoms with Crippen molar-refractivity contribution in [2.24, 2.45) is 11.7 Å². The SMILES string of the molecule is CN(CCCCCc1cc(-c2ccccc2)n[nH]1)C(=O)C(N)C1CCOCC1. The van der Waals surface area contributed by atoms with E-state index in [0.717, 1.165) is 75.2 Å². The Morgan fingerprint density at radius 1 is 1.25 bits per heavy atom. The van der Waals surface area contributed by atoms with Gasteiger partial charge in [-0.05, 0) is 44.1 Å². The Labute approximate surface area is 167 Å². The van der Waals surface area contributed by atoms with Gasteiger partial charge in [-0.3, -0.25) is 9.89 Å². The van der Waals surface area contributed by atoms with Crippen LogP contribution in [-0.2, 0) is 16.0 Å². The largest absolute Gasteiger partial charge is 0.381 e. The Kier molecular flexibility index (Phi) is 7.62. The Balaban J connectivity index is 1.34. The molecule has 2 aromatic rings. The first-order chi connectivity index (χ1) is 13.6. The fourth-order valence-electron chi connectivity index (χ4n) is 3.73. The number of aromatic nitrogens is 2. The Hall–Kier alpha value is -2.18. The van der Waals surface area contributed by atoms with Crippen LogP contribution in [0.1, 0.15) is 37.8 Å². The van der Waals surface area contributed by atoms with E-state index in [1.807, 2.05) is 25.2 Å². The summed E-state index contributed by atoms with van der Waals surface area (Å²) in [6.45, 7) is 2.19. The summed E-state index contributed by atoms with van der Waals surface area (Å²) in [5.74, 6) is 0.316. The van der Waals surface area contributed by atoms with Crippen LogP contribution in [0, 0.1) is 5.92 Å². The number of ether oxygens (including phenoxy) is 1. The molecule has 0 bridgehead atoms. The van der Waals surface area contributed by atoms with E-state index >= 15 is 0 Å². The third-order valence-corrected chi connectivity index (χ3v) is 5.58. The number of amides is 1. The number of likely N-dealkylation sites (N-methyl/N-ethyl adjacent to an activating group) is 1. The van der Waals surface area contributed by atoms with E-state index in [9.17, 15) is 4.79 Å². The summed E-state index contributed by atoms with van der Waals surface area (Å²) in [5, 5.41) is 7.53. The van der Waals surface area contributed by atoms with Crippen LogP contribution in [0.15, 0.2) is 36.4 Å². The van der Waals surface area contributed by atoms with Crippen molar-refractivity contribution in [3.8, 4) is 11.3 Å². The smallest absolute Gasteiger partial charge is 0.239 e. The van der Waals surface area contributed by atoms with Crippen molar-refractivity contribution in [2.45, 2.75) is 44.6 Å². The molecule has 6 nitrogen and oxygen atoms in total. The second-order valence-electron chi connectivity index (χ2n) is 7.69. The second-order valence-corrected chi connectivity index (χ2v) is 7.69. The number of aryl methyl sites for hydroxylation is 1. The van der Waals surface area contributed by atoms with Crippen molar-refractivity contribution < 1.29 is 9.53 Å². The summed E-state index contributed by atoms with van der Waals surface area (Å²) in [5.41, 5.74) is 9.47. The van der Waals surface area contributed by atoms with Crippen molar-refractivity contribution in [1.29, 1.82) is 0 Å². The zero-order valence-corrected chi connectivity index (χ0v) is 16.8. The first kappa shape index (κ1) is 20.6. The normalized spacial score (nSPS) is 16.1. The zero-order chi connectivity index (χ0) is 19.8. The number of benzene rings is 1. The lowest BCUT2D eigenvalue weighted by atomic mass is 9.91. The lowest BCUT2D eigenvalue weighted by molar-refractivity contribution is -0.133. The van der Waals surface area contributed by atoms with Gasteiger partial charge < -0.3 is 15.4 Å². The average molecular weight is 385 g/mol. The van der Waals surface area contributed by atoms with Crippen molar-refractivity contribution in [2.75, 3.05) is 26.8 Å². The summed E-state index contributed by atoms with van der Waals surface area (Å²) in [6.07, 6.45) is 5.88. The maximum Gasteiger partial charge on any atom is 0.239 e. The molecule has 3 N–H and O–H groups in total. The highest BCUT2D eigenvalue weighted by Crippen LogP contribution is 2.19. The number of carbonyl (C=O) groups excluding carboxylic acids is 1. The molecule has 1 aliphatic rings. The minimum atomic E-state index is -0.393. The van der Waals surface area contributed by atoms with E-state index < -0.39 is 6.04 Å². The minimum Gasteiger partial charge on any atom is -0.381 e. The molecule has 1 unspecified atom stereocenters. The van der Waals surface area contributed by atoms with Crippen LogP contribution in [0.5, 0.6) is 0 Å². The molecule has 1 saturated heterocycles. The quantitative estimate of drug-likeness (QED) is 0.651. The maximum atomic E-state index is 12.5. The third kappa shape index (κ3) is 5.66. The first-order valence-corrected chi connectivity index (χ1v) is 10.3. The van der Waals surface area contributed by atoms with Gasteiger partial charge in [-0.2, -0.15) is 5.10 Å². The van der Waals surface area contributed by atoms with Gasteiger partial charge in [-0.15, -0.1) is 0 Å². The van der Waals surface area contributed by atoms with E-state index in [0.29, 0.717) is 0 Å².